The summed E-state index contributed by atoms with van der Waals surface area (Å²) in [6.45, 7) is 7.51. The molecule has 1 aromatic heterocycles. The van der Waals surface area contributed by atoms with Gasteiger partial charge in [-0.25, -0.2) is 0 Å². The van der Waals surface area contributed by atoms with Crippen LogP contribution >= 0.6 is 0 Å². The first kappa shape index (κ1) is 14.5. The molecule has 1 heteroatoms. The normalized spacial score (nSPS) is 10.7. The van der Waals surface area contributed by atoms with Crippen molar-refractivity contribution in [1.82, 2.24) is 0 Å². The van der Waals surface area contributed by atoms with Crippen molar-refractivity contribution < 1.29 is 4.57 Å². The standard InChI is InChI=1S/C21H22N/c1-4-22-15-16(2)10-13-21(22)20-12-11-19(14-17(20)3)18-8-6-5-7-9-18/h5-15H,4H2,1-3H3/q+1. The SMILES string of the molecule is CC[n+]1cc(C)ccc1-c1ccc(-c2ccccc2)cc1C. The Bertz CT molecular complexity index is 788. The van der Waals surface area contributed by atoms with Crippen LogP contribution in [0.1, 0.15) is 18.1 Å². The van der Waals surface area contributed by atoms with Gasteiger partial charge in [0.15, 0.2) is 6.20 Å². The third-order valence-electron chi connectivity index (χ3n) is 4.12. The molecule has 0 saturated carbocycles. The van der Waals surface area contributed by atoms with Crippen LogP contribution in [0.25, 0.3) is 22.4 Å². The Hall–Kier alpha value is -2.41. The highest BCUT2D eigenvalue weighted by Crippen LogP contribution is 2.27. The molecule has 0 N–H and O–H groups in total. The summed E-state index contributed by atoms with van der Waals surface area (Å²) in [5, 5.41) is 0. The van der Waals surface area contributed by atoms with Gasteiger partial charge in [-0.1, -0.05) is 42.5 Å². The molecule has 2 aromatic carbocycles. The van der Waals surface area contributed by atoms with Crippen molar-refractivity contribution in [1.29, 1.82) is 0 Å². The van der Waals surface area contributed by atoms with Gasteiger partial charge in [-0.15, -0.1) is 0 Å². The number of hydrogen-bond acceptors (Lipinski definition) is 0. The Morgan fingerprint density at radius 3 is 2.27 bits per heavy atom. The highest BCUT2D eigenvalue weighted by molar-refractivity contribution is 5.70. The van der Waals surface area contributed by atoms with Crippen LogP contribution in [0.3, 0.4) is 0 Å². The minimum atomic E-state index is 0.983. The average Bonchev–Trinajstić information content (AvgIpc) is 2.56. The summed E-state index contributed by atoms with van der Waals surface area (Å²) in [5.41, 5.74) is 7.74. The van der Waals surface area contributed by atoms with E-state index in [0.717, 1.165) is 6.54 Å². The Morgan fingerprint density at radius 1 is 0.818 bits per heavy atom. The number of hydrogen-bond donors (Lipinski definition) is 0. The third kappa shape index (κ3) is 2.80. The number of benzene rings is 2. The molecule has 1 nitrogen and oxygen atoms in total. The van der Waals surface area contributed by atoms with Gasteiger partial charge < -0.3 is 0 Å². The summed E-state index contributed by atoms with van der Waals surface area (Å²) in [7, 11) is 0. The topological polar surface area (TPSA) is 3.88 Å². The van der Waals surface area contributed by atoms with E-state index >= 15 is 0 Å². The van der Waals surface area contributed by atoms with Gasteiger partial charge in [0, 0.05) is 17.2 Å². The van der Waals surface area contributed by atoms with E-state index in [-0.39, 0.29) is 0 Å². The lowest BCUT2D eigenvalue weighted by molar-refractivity contribution is -0.683. The minimum absolute atomic E-state index is 0.983. The van der Waals surface area contributed by atoms with Crippen molar-refractivity contribution in [2.75, 3.05) is 0 Å². The van der Waals surface area contributed by atoms with Crippen LogP contribution in [0, 0.1) is 13.8 Å². The predicted molar refractivity (Wildman–Crippen MR) is 92.7 cm³/mol. The monoisotopic (exact) mass is 288 g/mol. The zero-order valence-electron chi connectivity index (χ0n) is 13.5. The van der Waals surface area contributed by atoms with Crippen molar-refractivity contribution in [3.63, 3.8) is 0 Å². The van der Waals surface area contributed by atoms with E-state index in [4.69, 9.17) is 0 Å². The summed E-state index contributed by atoms with van der Waals surface area (Å²) in [6, 6.07) is 21.7. The first-order chi connectivity index (χ1) is 10.7. The number of aryl methyl sites for hydroxylation is 3. The van der Waals surface area contributed by atoms with Gasteiger partial charge in [-0.2, -0.15) is 4.57 Å². The number of pyridine rings is 1. The first-order valence-electron chi connectivity index (χ1n) is 7.85. The van der Waals surface area contributed by atoms with Crippen LogP contribution in [-0.4, -0.2) is 0 Å². The van der Waals surface area contributed by atoms with Crippen LogP contribution < -0.4 is 4.57 Å². The summed E-state index contributed by atoms with van der Waals surface area (Å²) < 4.78 is 2.32. The Kier molecular flexibility index (Phi) is 4.06. The Morgan fingerprint density at radius 2 is 1.59 bits per heavy atom. The largest absolute Gasteiger partial charge is 0.212 e. The molecule has 0 aliphatic carbocycles. The van der Waals surface area contributed by atoms with E-state index in [2.05, 4.69) is 92.2 Å². The molecule has 0 saturated heterocycles. The van der Waals surface area contributed by atoms with E-state index in [1.165, 1.54) is 33.5 Å². The highest BCUT2D eigenvalue weighted by atomic mass is 14.9. The zero-order valence-corrected chi connectivity index (χ0v) is 13.5. The highest BCUT2D eigenvalue weighted by Gasteiger charge is 2.14. The average molecular weight is 288 g/mol. The summed E-state index contributed by atoms with van der Waals surface area (Å²) in [5.74, 6) is 0. The van der Waals surface area contributed by atoms with Crippen LogP contribution in [-0.2, 0) is 6.54 Å². The number of rotatable bonds is 3. The van der Waals surface area contributed by atoms with Crippen molar-refractivity contribution >= 4 is 0 Å². The molecule has 0 bridgehead atoms. The molecule has 0 aliphatic rings. The lowest BCUT2D eigenvalue weighted by Gasteiger charge is -2.09. The summed E-state index contributed by atoms with van der Waals surface area (Å²) in [4.78, 5) is 0. The molecule has 3 aromatic rings. The molecule has 0 atom stereocenters. The second-order valence-corrected chi connectivity index (χ2v) is 5.77. The van der Waals surface area contributed by atoms with Gasteiger partial charge in [0.1, 0.15) is 6.54 Å². The summed E-state index contributed by atoms with van der Waals surface area (Å²) >= 11 is 0. The van der Waals surface area contributed by atoms with Gasteiger partial charge >= 0.3 is 0 Å². The molecule has 0 unspecified atom stereocenters. The first-order valence-corrected chi connectivity index (χ1v) is 7.85. The minimum Gasteiger partial charge on any atom is -0.198 e. The van der Waals surface area contributed by atoms with Crippen LogP contribution in [0.4, 0.5) is 0 Å². The van der Waals surface area contributed by atoms with Crippen molar-refractivity contribution in [3.05, 3.63) is 78.0 Å². The molecule has 0 radical (unpaired) electrons. The molecule has 110 valence electrons. The van der Waals surface area contributed by atoms with Crippen molar-refractivity contribution in [3.8, 4) is 22.4 Å². The van der Waals surface area contributed by atoms with E-state index in [1.54, 1.807) is 0 Å². The number of aromatic nitrogens is 1. The van der Waals surface area contributed by atoms with Gasteiger partial charge in [0.05, 0.1) is 0 Å². The third-order valence-corrected chi connectivity index (χ3v) is 4.12. The molecule has 0 spiro atoms. The molecule has 0 fully saturated rings. The fraction of sp³-hybridized carbons (Fsp3) is 0.190. The van der Waals surface area contributed by atoms with Crippen molar-refractivity contribution in [2.45, 2.75) is 27.3 Å². The molecule has 1 heterocycles. The smallest absolute Gasteiger partial charge is 0.198 e. The number of nitrogens with zero attached hydrogens (tertiary/aromatic N) is 1. The van der Waals surface area contributed by atoms with Crippen molar-refractivity contribution in [2.24, 2.45) is 0 Å². The van der Waals surface area contributed by atoms with E-state index in [0.29, 0.717) is 0 Å². The maximum atomic E-state index is 2.32. The molecular formula is C21H22N+. The Balaban J connectivity index is 2.07. The van der Waals surface area contributed by atoms with Gasteiger partial charge in [-0.05, 0) is 49.6 Å². The molecule has 22 heavy (non-hydrogen) atoms. The second kappa shape index (κ2) is 6.15. The Labute approximate surface area is 132 Å². The maximum absolute atomic E-state index is 2.32. The predicted octanol–water partition coefficient (Wildman–Crippen LogP) is 4.94. The molecule has 3 rings (SSSR count). The molecular weight excluding hydrogens is 266 g/mol. The zero-order chi connectivity index (χ0) is 15.5. The van der Waals surface area contributed by atoms with Gasteiger partial charge in [-0.3, -0.25) is 0 Å². The van der Waals surface area contributed by atoms with E-state index in [1.807, 2.05) is 0 Å². The second-order valence-electron chi connectivity index (χ2n) is 5.77. The molecule has 0 aliphatic heterocycles. The van der Waals surface area contributed by atoms with Crippen LogP contribution in [0.5, 0.6) is 0 Å². The van der Waals surface area contributed by atoms with Crippen LogP contribution in [0.15, 0.2) is 66.9 Å². The van der Waals surface area contributed by atoms with Gasteiger partial charge in [0.25, 0.3) is 0 Å². The summed E-state index contributed by atoms with van der Waals surface area (Å²) in [6.07, 6.45) is 2.22. The quantitative estimate of drug-likeness (QED) is 0.601. The lowest BCUT2D eigenvalue weighted by Crippen LogP contribution is -2.35. The lowest BCUT2D eigenvalue weighted by atomic mass is 9.97. The van der Waals surface area contributed by atoms with E-state index in [9.17, 15) is 0 Å². The maximum Gasteiger partial charge on any atom is 0.212 e. The fourth-order valence-corrected chi connectivity index (χ4v) is 2.93. The van der Waals surface area contributed by atoms with Crippen LogP contribution in [0.2, 0.25) is 0 Å². The van der Waals surface area contributed by atoms with Gasteiger partial charge in [0.2, 0.25) is 5.69 Å². The fourth-order valence-electron chi connectivity index (χ4n) is 2.93. The van der Waals surface area contributed by atoms with E-state index < -0.39 is 0 Å². The molecule has 0 amide bonds.